The summed E-state index contributed by atoms with van der Waals surface area (Å²) >= 11 is 0. The molecule has 4 nitrogen and oxygen atoms in total. The summed E-state index contributed by atoms with van der Waals surface area (Å²) in [6, 6.07) is 0.694. The van der Waals surface area contributed by atoms with Crippen LogP contribution < -0.4 is 5.73 Å². The van der Waals surface area contributed by atoms with Gasteiger partial charge < -0.3 is 5.73 Å². The van der Waals surface area contributed by atoms with Crippen molar-refractivity contribution in [1.29, 1.82) is 0 Å². The molecule has 20 heavy (non-hydrogen) atoms. The van der Waals surface area contributed by atoms with Gasteiger partial charge in [-0.3, -0.25) is 0 Å². The lowest BCUT2D eigenvalue weighted by Gasteiger charge is -2.09. The highest BCUT2D eigenvalue weighted by Gasteiger charge is 2.35. The first-order valence-corrected chi connectivity index (χ1v) is 5.78. The van der Waals surface area contributed by atoms with Crippen LogP contribution in [0.15, 0.2) is 18.8 Å². The number of allylic oxidation sites excluding steroid dienone is 1. The van der Waals surface area contributed by atoms with Crippen LogP contribution in [-0.4, -0.2) is 20.8 Å². The van der Waals surface area contributed by atoms with E-state index in [4.69, 9.17) is 5.73 Å². The van der Waals surface area contributed by atoms with Crippen molar-refractivity contribution < 1.29 is 17.6 Å². The Kier molecular flexibility index (Phi) is 4.69. The summed E-state index contributed by atoms with van der Waals surface area (Å²) in [7, 11) is 0. The maximum absolute atomic E-state index is 13.3. The second-order valence-corrected chi connectivity index (χ2v) is 3.97. The maximum atomic E-state index is 13.3. The van der Waals surface area contributed by atoms with Crippen LogP contribution in [0.1, 0.15) is 26.0 Å². The number of hydrogen-bond acceptors (Lipinski definition) is 3. The molecule has 0 bridgehead atoms. The fourth-order valence-corrected chi connectivity index (χ4v) is 1.33. The number of halogens is 4. The number of fused-ring (bicyclic) bond motifs is 1. The summed E-state index contributed by atoms with van der Waals surface area (Å²) in [4.78, 5) is 3.50. The minimum Gasteiger partial charge on any atom is -0.367 e. The Labute approximate surface area is 112 Å². The quantitative estimate of drug-likeness (QED) is 0.818. The SMILES string of the molecule is C=C(c1cc(F)c2cnc(N)nn12)C(F)(F)F.CCC. The zero-order valence-corrected chi connectivity index (χ0v) is 11.0. The Bertz CT molecular complexity index is 616. The normalized spacial score (nSPS) is 11.1. The van der Waals surface area contributed by atoms with Gasteiger partial charge in [-0.25, -0.2) is 13.9 Å². The smallest absolute Gasteiger partial charge is 0.367 e. The third-order valence-electron chi connectivity index (χ3n) is 2.14. The molecule has 0 saturated heterocycles. The summed E-state index contributed by atoms with van der Waals surface area (Å²) in [6.07, 6.45) is -2.41. The molecule has 0 unspecified atom stereocenters. The molecule has 0 aromatic carbocycles. The van der Waals surface area contributed by atoms with Crippen LogP contribution in [0.5, 0.6) is 0 Å². The number of aromatic nitrogens is 3. The molecule has 0 atom stereocenters. The molecule has 2 heterocycles. The first kappa shape index (κ1) is 15.9. The number of anilines is 1. The van der Waals surface area contributed by atoms with E-state index >= 15 is 0 Å². The fourth-order valence-electron chi connectivity index (χ4n) is 1.33. The topological polar surface area (TPSA) is 56.2 Å². The van der Waals surface area contributed by atoms with Crippen molar-refractivity contribution in [1.82, 2.24) is 14.6 Å². The number of nitrogen functional groups attached to an aromatic ring is 1. The molecule has 0 aliphatic carbocycles. The average Bonchev–Trinajstić information content (AvgIpc) is 2.65. The molecule has 2 rings (SSSR count). The van der Waals surface area contributed by atoms with Crippen LogP contribution in [0, 0.1) is 5.82 Å². The number of hydrogen-bond donors (Lipinski definition) is 1. The van der Waals surface area contributed by atoms with Crippen molar-refractivity contribution in [3.8, 4) is 0 Å². The lowest BCUT2D eigenvalue weighted by atomic mass is 10.2. The van der Waals surface area contributed by atoms with Crippen molar-refractivity contribution >= 4 is 17.0 Å². The molecule has 110 valence electrons. The van der Waals surface area contributed by atoms with Gasteiger partial charge in [-0.05, 0) is 0 Å². The van der Waals surface area contributed by atoms with Gasteiger partial charge in [-0.2, -0.15) is 13.2 Å². The molecule has 0 amide bonds. The van der Waals surface area contributed by atoms with E-state index in [1.807, 2.05) is 0 Å². The van der Waals surface area contributed by atoms with E-state index in [0.29, 0.717) is 6.07 Å². The number of nitrogens with two attached hydrogens (primary N) is 1. The monoisotopic (exact) mass is 290 g/mol. The third kappa shape index (κ3) is 3.25. The molecule has 2 N–H and O–H groups in total. The first-order valence-electron chi connectivity index (χ1n) is 5.78. The zero-order valence-electron chi connectivity index (χ0n) is 11.0. The van der Waals surface area contributed by atoms with Crippen molar-refractivity contribution in [3.05, 3.63) is 30.4 Å². The molecule has 0 fully saturated rings. The molecule has 0 spiro atoms. The van der Waals surface area contributed by atoms with Gasteiger partial charge in [0.05, 0.1) is 17.5 Å². The van der Waals surface area contributed by atoms with Crippen molar-refractivity contribution in [2.75, 3.05) is 5.73 Å². The van der Waals surface area contributed by atoms with Gasteiger partial charge in [0.25, 0.3) is 0 Å². The molecular formula is C12H14F4N4. The average molecular weight is 290 g/mol. The Morgan fingerprint density at radius 1 is 1.40 bits per heavy atom. The second-order valence-electron chi connectivity index (χ2n) is 3.97. The summed E-state index contributed by atoms with van der Waals surface area (Å²) in [6.45, 7) is 7.13. The van der Waals surface area contributed by atoms with Crippen LogP contribution in [0.3, 0.4) is 0 Å². The van der Waals surface area contributed by atoms with Crippen molar-refractivity contribution in [3.63, 3.8) is 0 Å². The summed E-state index contributed by atoms with van der Waals surface area (Å²) in [5, 5.41) is 3.51. The number of alkyl halides is 3. The Hall–Kier alpha value is -2.12. The van der Waals surface area contributed by atoms with E-state index in [9.17, 15) is 17.6 Å². The van der Waals surface area contributed by atoms with Gasteiger partial charge in [0, 0.05) is 6.07 Å². The maximum Gasteiger partial charge on any atom is 0.417 e. The van der Waals surface area contributed by atoms with Gasteiger partial charge in [0.2, 0.25) is 5.95 Å². The lowest BCUT2D eigenvalue weighted by molar-refractivity contribution is -0.0689. The molecule has 8 heteroatoms. The van der Waals surface area contributed by atoms with Crippen molar-refractivity contribution in [2.45, 2.75) is 26.4 Å². The van der Waals surface area contributed by atoms with Crippen LogP contribution in [0.25, 0.3) is 11.1 Å². The standard InChI is InChI=1S/C9H6F4N4.C3H8/c1-4(9(11,12)13)6-2-5(10)7-3-15-8(14)16-17(6)7;1-3-2/h2-3H,1H2,(H2,14,16);3H2,1-2H3. The predicted octanol–water partition coefficient (Wildman–Crippen LogP) is 3.44. The minimum absolute atomic E-state index is 0.195. The van der Waals surface area contributed by atoms with Gasteiger partial charge in [-0.15, -0.1) is 5.10 Å². The number of nitrogens with zero attached hydrogens (tertiary/aromatic N) is 3. The third-order valence-corrected chi connectivity index (χ3v) is 2.14. The molecule has 2 aromatic heterocycles. The van der Waals surface area contributed by atoms with Crippen LogP contribution in [0.2, 0.25) is 0 Å². The highest BCUT2D eigenvalue weighted by molar-refractivity contribution is 5.69. The molecule has 2 aromatic rings. The molecule has 0 radical (unpaired) electrons. The Morgan fingerprint density at radius 2 is 1.95 bits per heavy atom. The van der Waals surface area contributed by atoms with E-state index in [-0.39, 0.29) is 11.5 Å². The zero-order chi connectivity index (χ0) is 15.5. The van der Waals surface area contributed by atoms with Gasteiger partial charge in [0.15, 0.2) is 5.82 Å². The van der Waals surface area contributed by atoms with E-state index in [1.165, 1.54) is 6.42 Å². The summed E-state index contributed by atoms with van der Waals surface area (Å²) in [5.74, 6) is -1.13. The minimum atomic E-state index is -4.67. The van der Waals surface area contributed by atoms with Gasteiger partial charge in [0.1, 0.15) is 5.52 Å². The summed E-state index contributed by atoms with van der Waals surface area (Å²) < 4.78 is 51.5. The van der Waals surface area contributed by atoms with E-state index < -0.39 is 23.3 Å². The van der Waals surface area contributed by atoms with Crippen molar-refractivity contribution in [2.24, 2.45) is 0 Å². The van der Waals surface area contributed by atoms with E-state index in [0.717, 1.165) is 10.7 Å². The fraction of sp³-hybridized carbons (Fsp3) is 0.333. The van der Waals surface area contributed by atoms with E-state index in [2.05, 4.69) is 30.5 Å². The molecule has 0 saturated carbocycles. The lowest BCUT2D eigenvalue weighted by Crippen LogP contribution is -2.12. The molecule has 0 aliphatic rings. The van der Waals surface area contributed by atoms with Gasteiger partial charge in [-0.1, -0.05) is 26.8 Å². The van der Waals surface area contributed by atoms with Gasteiger partial charge >= 0.3 is 6.18 Å². The Morgan fingerprint density at radius 3 is 2.45 bits per heavy atom. The van der Waals surface area contributed by atoms with Crippen LogP contribution in [-0.2, 0) is 0 Å². The predicted molar refractivity (Wildman–Crippen MR) is 68.4 cm³/mol. The van der Waals surface area contributed by atoms with E-state index in [1.54, 1.807) is 0 Å². The van der Waals surface area contributed by atoms with Crippen LogP contribution in [0.4, 0.5) is 23.5 Å². The highest BCUT2D eigenvalue weighted by atomic mass is 19.4. The van der Waals surface area contributed by atoms with Crippen LogP contribution >= 0.6 is 0 Å². The highest BCUT2D eigenvalue weighted by Crippen LogP contribution is 2.33. The molecular weight excluding hydrogens is 276 g/mol. The second kappa shape index (κ2) is 5.89. The Balaban J connectivity index is 0.000000612. The summed E-state index contributed by atoms with van der Waals surface area (Å²) in [5.41, 5.74) is 3.34. The largest absolute Gasteiger partial charge is 0.417 e. The number of rotatable bonds is 1. The molecule has 0 aliphatic heterocycles. The first-order chi connectivity index (χ1) is 9.22.